The molecule has 6 aromatic carbocycles. The van der Waals surface area contributed by atoms with E-state index < -0.39 is 0 Å². The Balaban J connectivity index is 1.16. The third kappa shape index (κ3) is 6.91. The average molecular weight is 793 g/mol. The quantitative estimate of drug-likeness (QED) is 0.164. The van der Waals surface area contributed by atoms with Gasteiger partial charge in [-0.15, -0.1) is 0 Å². The molecule has 1 N–H and O–H groups in total. The lowest BCUT2D eigenvalue weighted by Gasteiger charge is -2.27. The Kier molecular flexibility index (Phi) is 8.92. The minimum Gasteiger partial charge on any atom is -0.360 e. The number of rotatable bonds is 7. The zero-order chi connectivity index (χ0) is 35.6. The van der Waals surface area contributed by atoms with E-state index in [1.807, 2.05) is 48.8 Å². The lowest BCUT2D eigenvalue weighted by molar-refractivity contribution is 0.829. The summed E-state index contributed by atoms with van der Waals surface area (Å²) >= 11 is 2.36. The smallest absolute Gasteiger partial charge is 0.145 e. The molecule has 0 bridgehead atoms. The van der Waals surface area contributed by atoms with Crippen LogP contribution in [0.15, 0.2) is 193 Å². The molecule has 1 aliphatic heterocycles. The third-order valence-corrected chi connectivity index (χ3v) is 10.4. The molecule has 2 aromatic heterocycles. The van der Waals surface area contributed by atoms with Crippen LogP contribution in [-0.2, 0) is 0 Å². The van der Waals surface area contributed by atoms with Crippen molar-refractivity contribution >= 4 is 34.0 Å². The number of pyridine rings is 2. The van der Waals surface area contributed by atoms with Gasteiger partial charge in [0.15, 0.2) is 0 Å². The maximum absolute atomic E-state index is 5.49. The second-order valence-electron chi connectivity index (χ2n) is 13.1. The van der Waals surface area contributed by atoms with Crippen molar-refractivity contribution in [3.05, 3.63) is 209 Å². The second-order valence-corrected chi connectivity index (χ2v) is 14.3. The zero-order valence-corrected chi connectivity index (χ0v) is 30.9. The lowest BCUT2D eigenvalue weighted by Crippen LogP contribution is -2.21. The third-order valence-electron chi connectivity index (χ3n) is 9.68. The summed E-state index contributed by atoms with van der Waals surface area (Å²) in [5.74, 6) is 0. The number of halogens is 1. The largest absolute Gasteiger partial charge is 0.360 e. The van der Waals surface area contributed by atoms with Gasteiger partial charge in [0.2, 0.25) is 0 Å². The molecular formula is C48H33IN4. The van der Waals surface area contributed by atoms with E-state index in [1.165, 1.54) is 9.13 Å². The molecule has 0 radical (unpaired) electrons. The SMILES string of the molecule is Ic1ccc(C2=NC(c3cc(-c4ccc(-c5ccccn5)cc4)cc(-c4ccc(-c5ccccn5)cc4)c3)Nc3ccc(-c4ccccc4)cc32)cc1. The van der Waals surface area contributed by atoms with E-state index in [2.05, 4.69) is 177 Å². The van der Waals surface area contributed by atoms with Crippen LogP contribution in [0.5, 0.6) is 0 Å². The van der Waals surface area contributed by atoms with Crippen LogP contribution >= 0.6 is 22.6 Å². The molecule has 1 aliphatic rings. The van der Waals surface area contributed by atoms with Gasteiger partial charge in [-0.05, 0) is 128 Å². The predicted octanol–water partition coefficient (Wildman–Crippen LogP) is 12.4. The van der Waals surface area contributed by atoms with Gasteiger partial charge in [0, 0.05) is 43.9 Å². The zero-order valence-electron chi connectivity index (χ0n) is 28.7. The van der Waals surface area contributed by atoms with Crippen LogP contribution in [0.1, 0.15) is 22.9 Å². The number of aromatic nitrogens is 2. The molecule has 3 heterocycles. The highest BCUT2D eigenvalue weighted by Gasteiger charge is 2.24. The molecule has 0 fully saturated rings. The Morgan fingerprint density at radius 2 is 0.925 bits per heavy atom. The van der Waals surface area contributed by atoms with Crippen molar-refractivity contribution in [1.29, 1.82) is 0 Å². The van der Waals surface area contributed by atoms with Crippen molar-refractivity contribution in [2.75, 3.05) is 5.32 Å². The van der Waals surface area contributed by atoms with Gasteiger partial charge >= 0.3 is 0 Å². The van der Waals surface area contributed by atoms with Gasteiger partial charge in [-0.25, -0.2) is 0 Å². The summed E-state index contributed by atoms with van der Waals surface area (Å²) in [5, 5.41) is 3.82. The first-order valence-corrected chi connectivity index (χ1v) is 18.7. The number of fused-ring (bicyclic) bond motifs is 1. The fourth-order valence-electron chi connectivity index (χ4n) is 6.93. The molecule has 8 aromatic rings. The minimum absolute atomic E-state index is 0.307. The van der Waals surface area contributed by atoms with E-state index >= 15 is 0 Å². The molecule has 0 aliphatic carbocycles. The Morgan fingerprint density at radius 3 is 1.49 bits per heavy atom. The minimum atomic E-state index is -0.307. The van der Waals surface area contributed by atoms with E-state index in [-0.39, 0.29) is 6.17 Å². The average Bonchev–Trinajstić information content (AvgIpc) is 3.24. The number of anilines is 1. The van der Waals surface area contributed by atoms with Gasteiger partial charge in [-0.3, -0.25) is 15.0 Å². The van der Waals surface area contributed by atoms with Gasteiger partial charge in [0.25, 0.3) is 0 Å². The van der Waals surface area contributed by atoms with Crippen LogP contribution < -0.4 is 5.32 Å². The van der Waals surface area contributed by atoms with Crippen LogP contribution in [0.2, 0.25) is 0 Å². The first kappa shape index (κ1) is 32.7. The maximum Gasteiger partial charge on any atom is 0.145 e. The van der Waals surface area contributed by atoms with Crippen LogP contribution in [0, 0.1) is 3.57 Å². The number of nitrogens with one attached hydrogen (secondary N) is 1. The van der Waals surface area contributed by atoms with E-state index in [0.29, 0.717) is 0 Å². The van der Waals surface area contributed by atoms with Gasteiger partial charge in [0.05, 0.1) is 17.1 Å². The maximum atomic E-state index is 5.49. The molecule has 0 spiro atoms. The monoisotopic (exact) mass is 792 g/mol. The molecule has 4 nitrogen and oxygen atoms in total. The first-order chi connectivity index (χ1) is 26.1. The van der Waals surface area contributed by atoms with Crippen molar-refractivity contribution < 1.29 is 0 Å². The number of benzene rings is 6. The Labute approximate surface area is 323 Å². The summed E-state index contributed by atoms with van der Waals surface area (Å²) in [6.45, 7) is 0. The van der Waals surface area contributed by atoms with E-state index in [1.54, 1.807) is 0 Å². The summed E-state index contributed by atoms with van der Waals surface area (Å²) in [6.07, 6.45) is 3.36. The molecular weight excluding hydrogens is 759 g/mol. The molecule has 0 saturated heterocycles. The molecule has 0 saturated carbocycles. The molecule has 1 atom stereocenters. The van der Waals surface area contributed by atoms with E-state index in [0.717, 1.165) is 78.4 Å². The summed E-state index contributed by atoms with van der Waals surface area (Å²) in [6, 6.07) is 62.0. The normalized spacial score (nSPS) is 13.5. The summed E-state index contributed by atoms with van der Waals surface area (Å²) in [5.41, 5.74) is 16.2. The predicted molar refractivity (Wildman–Crippen MR) is 227 cm³/mol. The second kappa shape index (κ2) is 14.4. The summed E-state index contributed by atoms with van der Waals surface area (Å²) in [7, 11) is 0. The number of aliphatic imine (C=N–C) groups is 1. The van der Waals surface area contributed by atoms with Gasteiger partial charge in [-0.1, -0.05) is 109 Å². The molecule has 53 heavy (non-hydrogen) atoms. The van der Waals surface area contributed by atoms with Crippen LogP contribution in [-0.4, -0.2) is 15.7 Å². The number of nitrogens with zero attached hydrogens (tertiary/aromatic N) is 3. The van der Waals surface area contributed by atoms with E-state index in [4.69, 9.17) is 4.99 Å². The molecule has 252 valence electrons. The molecule has 1 unspecified atom stereocenters. The molecule has 5 heteroatoms. The van der Waals surface area contributed by atoms with Crippen LogP contribution in [0.25, 0.3) is 55.9 Å². The van der Waals surface area contributed by atoms with Gasteiger partial charge < -0.3 is 5.32 Å². The Hall–Kier alpha value is -6.18. The molecule has 9 rings (SSSR count). The highest BCUT2D eigenvalue weighted by molar-refractivity contribution is 14.1. The van der Waals surface area contributed by atoms with Crippen molar-refractivity contribution in [1.82, 2.24) is 9.97 Å². The first-order valence-electron chi connectivity index (χ1n) is 17.6. The van der Waals surface area contributed by atoms with Gasteiger partial charge in [0.1, 0.15) is 6.17 Å². The molecule has 0 amide bonds. The fourth-order valence-corrected chi connectivity index (χ4v) is 7.29. The van der Waals surface area contributed by atoms with Crippen molar-refractivity contribution in [3.63, 3.8) is 0 Å². The van der Waals surface area contributed by atoms with Crippen molar-refractivity contribution in [3.8, 4) is 55.9 Å². The highest BCUT2D eigenvalue weighted by Crippen LogP contribution is 2.38. The topological polar surface area (TPSA) is 50.2 Å². The Morgan fingerprint density at radius 1 is 0.415 bits per heavy atom. The lowest BCUT2D eigenvalue weighted by atomic mass is 9.91. The van der Waals surface area contributed by atoms with Crippen LogP contribution in [0.4, 0.5) is 5.69 Å². The summed E-state index contributed by atoms with van der Waals surface area (Å²) in [4.78, 5) is 14.6. The highest BCUT2D eigenvalue weighted by atomic mass is 127. The van der Waals surface area contributed by atoms with Crippen molar-refractivity contribution in [2.45, 2.75) is 6.17 Å². The summed E-state index contributed by atoms with van der Waals surface area (Å²) < 4.78 is 1.19. The van der Waals surface area contributed by atoms with Crippen molar-refractivity contribution in [2.24, 2.45) is 4.99 Å². The number of hydrogen-bond acceptors (Lipinski definition) is 4. The van der Waals surface area contributed by atoms with Gasteiger partial charge in [-0.2, -0.15) is 0 Å². The number of hydrogen-bond donors (Lipinski definition) is 1. The standard InChI is InChI=1S/C48H33IN4/c49-42-23-20-37(21-24-42)47-43-31-38(32-8-2-1-3-9-32)22-25-46(43)52-48(53-47)41-29-39(33-12-16-35(17-13-33)44-10-4-6-26-50-44)28-40(30-41)34-14-18-36(19-15-34)45-11-5-7-27-51-45/h1-31,48,52H. The van der Waals surface area contributed by atoms with E-state index in [9.17, 15) is 0 Å². The van der Waals surface area contributed by atoms with Crippen LogP contribution in [0.3, 0.4) is 0 Å². The Bertz CT molecular complexity index is 2450. The fraction of sp³-hybridized carbons (Fsp3) is 0.0208.